The quantitative estimate of drug-likeness (QED) is 0.858. The van der Waals surface area contributed by atoms with Crippen LogP contribution in [-0.4, -0.2) is 47.3 Å². The summed E-state index contributed by atoms with van der Waals surface area (Å²) in [6.45, 7) is 2.43. The van der Waals surface area contributed by atoms with Crippen molar-refractivity contribution in [3.63, 3.8) is 0 Å². The van der Waals surface area contributed by atoms with Crippen molar-refractivity contribution in [3.8, 4) is 0 Å². The van der Waals surface area contributed by atoms with E-state index in [2.05, 4.69) is 10.2 Å². The number of morpholine rings is 1. The maximum Gasteiger partial charge on any atom is 0.240 e. The molecule has 1 aliphatic heterocycles. The second-order valence-electron chi connectivity index (χ2n) is 4.75. The Labute approximate surface area is 136 Å². The number of nitrogens with zero attached hydrogens (tertiary/aromatic N) is 3. The first-order chi connectivity index (χ1) is 10.7. The molecule has 1 amide bonds. The van der Waals surface area contributed by atoms with Crippen molar-refractivity contribution in [1.29, 1.82) is 0 Å². The summed E-state index contributed by atoms with van der Waals surface area (Å²) in [6.07, 6.45) is 0. The van der Waals surface area contributed by atoms with Crippen LogP contribution in [0, 0.1) is 0 Å². The van der Waals surface area contributed by atoms with Crippen LogP contribution in [-0.2, 0) is 9.53 Å². The average Bonchev–Trinajstić information content (AvgIpc) is 2.99. The van der Waals surface area contributed by atoms with Crippen LogP contribution in [0.3, 0.4) is 0 Å². The van der Waals surface area contributed by atoms with E-state index in [0.29, 0.717) is 35.8 Å². The zero-order valence-electron chi connectivity index (χ0n) is 11.8. The molecule has 0 unspecified atom stereocenters. The van der Waals surface area contributed by atoms with E-state index in [4.69, 9.17) is 10.5 Å². The summed E-state index contributed by atoms with van der Waals surface area (Å²) >= 11 is 2.70. The maximum atomic E-state index is 12.9. The van der Waals surface area contributed by atoms with Gasteiger partial charge in [-0.15, -0.1) is 10.2 Å². The van der Waals surface area contributed by atoms with Gasteiger partial charge in [0.25, 0.3) is 0 Å². The molecule has 1 fully saturated rings. The normalized spacial score (nSPS) is 16.5. The van der Waals surface area contributed by atoms with Crippen molar-refractivity contribution in [2.75, 3.05) is 32.0 Å². The van der Waals surface area contributed by atoms with Crippen LogP contribution in [0.15, 0.2) is 34.7 Å². The van der Waals surface area contributed by atoms with Crippen LogP contribution in [0.5, 0.6) is 0 Å². The van der Waals surface area contributed by atoms with E-state index in [0.717, 1.165) is 5.56 Å². The predicted molar refractivity (Wildman–Crippen MR) is 86.8 cm³/mol. The van der Waals surface area contributed by atoms with E-state index in [-0.39, 0.29) is 11.2 Å². The lowest BCUT2D eigenvalue weighted by molar-refractivity contribution is -0.134. The van der Waals surface area contributed by atoms with E-state index in [9.17, 15) is 4.79 Å². The number of hydrogen-bond acceptors (Lipinski definition) is 7. The molecule has 1 atom stereocenters. The van der Waals surface area contributed by atoms with Gasteiger partial charge in [0.2, 0.25) is 11.0 Å². The lowest BCUT2D eigenvalue weighted by Crippen LogP contribution is -2.42. The number of hydrogen-bond donors (Lipinski definition) is 1. The van der Waals surface area contributed by atoms with Crippen LogP contribution >= 0.6 is 23.1 Å². The molecule has 0 saturated carbocycles. The lowest BCUT2D eigenvalue weighted by Gasteiger charge is -2.30. The molecule has 1 saturated heterocycles. The van der Waals surface area contributed by atoms with Gasteiger partial charge in [-0.3, -0.25) is 4.79 Å². The van der Waals surface area contributed by atoms with Gasteiger partial charge in [-0.2, -0.15) is 0 Å². The van der Waals surface area contributed by atoms with E-state index >= 15 is 0 Å². The zero-order valence-corrected chi connectivity index (χ0v) is 13.5. The van der Waals surface area contributed by atoms with Gasteiger partial charge in [-0.1, -0.05) is 53.4 Å². The number of rotatable bonds is 4. The highest BCUT2D eigenvalue weighted by Crippen LogP contribution is 2.38. The highest BCUT2D eigenvalue weighted by atomic mass is 32.2. The third kappa shape index (κ3) is 3.57. The molecule has 22 heavy (non-hydrogen) atoms. The number of thioether (sulfide) groups is 1. The van der Waals surface area contributed by atoms with Crippen molar-refractivity contribution < 1.29 is 9.53 Å². The Bertz CT molecular complexity index is 629. The molecule has 1 aliphatic rings. The van der Waals surface area contributed by atoms with E-state index < -0.39 is 0 Å². The van der Waals surface area contributed by atoms with Gasteiger partial charge < -0.3 is 15.4 Å². The number of aromatic nitrogens is 2. The fourth-order valence-electron chi connectivity index (χ4n) is 2.21. The Morgan fingerprint density at radius 3 is 2.64 bits per heavy atom. The largest absolute Gasteiger partial charge is 0.378 e. The summed E-state index contributed by atoms with van der Waals surface area (Å²) in [5.74, 6) is 0.0771. The first-order valence-electron chi connectivity index (χ1n) is 6.91. The highest BCUT2D eigenvalue weighted by molar-refractivity contribution is 8.01. The number of benzene rings is 1. The van der Waals surface area contributed by atoms with Gasteiger partial charge in [0.15, 0.2) is 4.34 Å². The number of nitrogens with two attached hydrogens (primary N) is 1. The summed E-state index contributed by atoms with van der Waals surface area (Å²) in [4.78, 5) is 14.7. The lowest BCUT2D eigenvalue weighted by atomic mass is 10.1. The first-order valence-corrected chi connectivity index (χ1v) is 8.61. The van der Waals surface area contributed by atoms with Crippen molar-refractivity contribution in [3.05, 3.63) is 35.9 Å². The van der Waals surface area contributed by atoms with Crippen molar-refractivity contribution >= 4 is 34.1 Å². The standard InChI is InChI=1S/C14H16N4O2S2/c15-13-16-17-14(22-13)21-11(10-4-2-1-3-5-10)12(19)18-6-8-20-9-7-18/h1-5,11H,6-9H2,(H2,15,16)/t11-/m1/s1. The molecule has 0 aliphatic carbocycles. The van der Waals surface area contributed by atoms with Crippen LogP contribution in [0.25, 0.3) is 0 Å². The average molecular weight is 336 g/mol. The van der Waals surface area contributed by atoms with Crippen LogP contribution in [0.1, 0.15) is 10.8 Å². The minimum atomic E-state index is -0.341. The monoisotopic (exact) mass is 336 g/mol. The summed E-state index contributed by atoms with van der Waals surface area (Å²) in [7, 11) is 0. The molecule has 0 spiro atoms. The Kier molecular flexibility index (Phi) is 4.91. The highest BCUT2D eigenvalue weighted by Gasteiger charge is 2.29. The van der Waals surface area contributed by atoms with Gasteiger partial charge in [-0.05, 0) is 5.56 Å². The number of carbonyl (C=O) groups excluding carboxylic acids is 1. The summed E-state index contributed by atoms with van der Waals surface area (Å²) < 4.78 is 6.02. The SMILES string of the molecule is Nc1nnc(S[C@@H](C(=O)N2CCOCC2)c2ccccc2)s1. The Morgan fingerprint density at radius 1 is 1.27 bits per heavy atom. The summed E-state index contributed by atoms with van der Waals surface area (Å²) in [5, 5.41) is 7.90. The third-order valence-electron chi connectivity index (χ3n) is 3.29. The topological polar surface area (TPSA) is 81.3 Å². The van der Waals surface area contributed by atoms with Gasteiger partial charge >= 0.3 is 0 Å². The number of amides is 1. The van der Waals surface area contributed by atoms with Gasteiger partial charge in [0.1, 0.15) is 5.25 Å². The van der Waals surface area contributed by atoms with Crippen LogP contribution in [0.4, 0.5) is 5.13 Å². The smallest absolute Gasteiger partial charge is 0.240 e. The molecule has 1 aromatic carbocycles. The molecule has 3 rings (SSSR count). The Hall–Kier alpha value is -1.64. The Morgan fingerprint density at radius 2 is 2.00 bits per heavy atom. The Balaban J connectivity index is 1.83. The number of carbonyl (C=O) groups is 1. The van der Waals surface area contributed by atoms with E-state index in [1.54, 1.807) is 0 Å². The van der Waals surface area contributed by atoms with Crippen molar-refractivity contribution in [2.24, 2.45) is 0 Å². The van der Waals surface area contributed by atoms with Crippen LogP contribution < -0.4 is 5.73 Å². The maximum absolute atomic E-state index is 12.9. The minimum Gasteiger partial charge on any atom is -0.378 e. The molecule has 0 bridgehead atoms. The second-order valence-corrected chi connectivity index (χ2v) is 7.11. The number of nitrogen functional groups attached to an aromatic ring is 1. The second kappa shape index (κ2) is 7.08. The fourth-order valence-corrected chi connectivity index (χ4v) is 4.12. The number of anilines is 1. The predicted octanol–water partition coefficient (Wildman–Crippen LogP) is 1.81. The van der Waals surface area contributed by atoms with E-state index in [1.165, 1.54) is 23.1 Å². The molecular weight excluding hydrogens is 320 g/mol. The molecule has 2 heterocycles. The summed E-state index contributed by atoms with van der Waals surface area (Å²) in [5.41, 5.74) is 6.59. The molecule has 6 nitrogen and oxygen atoms in total. The minimum absolute atomic E-state index is 0.0771. The first kappa shape index (κ1) is 15.3. The van der Waals surface area contributed by atoms with Crippen molar-refractivity contribution in [2.45, 2.75) is 9.59 Å². The zero-order chi connectivity index (χ0) is 15.4. The summed E-state index contributed by atoms with van der Waals surface area (Å²) in [6, 6.07) is 9.72. The van der Waals surface area contributed by atoms with E-state index in [1.807, 2.05) is 35.2 Å². The molecule has 8 heteroatoms. The number of ether oxygens (including phenoxy) is 1. The van der Waals surface area contributed by atoms with Gasteiger partial charge in [-0.25, -0.2) is 0 Å². The molecule has 2 N–H and O–H groups in total. The molecular formula is C14H16N4O2S2. The molecule has 0 radical (unpaired) electrons. The van der Waals surface area contributed by atoms with Crippen molar-refractivity contribution in [1.82, 2.24) is 15.1 Å². The fraction of sp³-hybridized carbons (Fsp3) is 0.357. The third-order valence-corrected chi connectivity index (χ3v) is 5.37. The molecule has 2 aromatic rings. The van der Waals surface area contributed by atoms with Crippen LogP contribution in [0.2, 0.25) is 0 Å². The molecule has 1 aromatic heterocycles. The molecule has 116 valence electrons. The van der Waals surface area contributed by atoms with Gasteiger partial charge in [0.05, 0.1) is 13.2 Å². The van der Waals surface area contributed by atoms with Gasteiger partial charge in [0, 0.05) is 13.1 Å².